The van der Waals surface area contributed by atoms with Crippen molar-refractivity contribution < 1.29 is 10.3 Å². The summed E-state index contributed by atoms with van der Waals surface area (Å²) in [4.78, 5) is 20.0. The third kappa shape index (κ3) is 2.67. The van der Waals surface area contributed by atoms with Crippen LogP contribution in [-0.2, 0) is 6.54 Å². The van der Waals surface area contributed by atoms with E-state index >= 15 is 0 Å². The summed E-state index contributed by atoms with van der Waals surface area (Å²) in [6.07, 6.45) is 1.25. The number of piperidine rings is 1. The Morgan fingerprint density at radius 2 is 2.17 bits per heavy atom. The number of aromatic nitrogens is 1. The summed E-state index contributed by atoms with van der Waals surface area (Å²) < 4.78 is 1.96. The molecule has 7 heteroatoms. The first kappa shape index (κ1) is 12.6. The number of hydrogen-bond acceptors (Lipinski definition) is 4. The molecule has 3 heterocycles. The first-order chi connectivity index (χ1) is 8.58. The molecule has 0 amide bonds. The maximum absolute atomic E-state index is 11.6. The lowest BCUT2D eigenvalue weighted by molar-refractivity contribution is -0.742. The quantitative estimate of drug-likeness (QED) is 0.508. The van der Waals surface area contributed by atoms with Crippen molar-refractivity contribution in [2.24, 2.45) is 5.92 Å². The van der Waals surface area contributed by atoms with E-state index in [4.69, 9.17) is 15.3 Å². The van der Waals surface area contributed by atoms with Crippen LogP contribution in [0.5, 0.6) is 0 Å². The Bertz CT molecular complexity index is 495. The van der Waals surface area contributed by atoms with E-state index < -0.39 is 5.09 Å². The predicted molar refractivity (Wildman–Crippen MR) is 63.2 cm³/mol. The van der Waals surface area contributed by atoms with Gasteiger partial charge in [-0.25, -0.2) is 0 Å². The number of hydrogen-bond donors (Lipinski definition) is 2. The van der Waals surface area contributed by atoms with Gasteiger partial charge in [-0.05, 0) is 24.9 Å². The van der Waals surface area contributed by atoms with E-state index in [-0.39, 0.29) is 5.56 Å². The number of nitrogens with one attached hydrogen (secondary N) is 1. The lowest BCUT2D eigenvalue weighted by Gasteiger charge is -2.37. The zero-order chi connectivity index (χ0) is 13.1. The molecule has 0 aliphatic carbocycles. The Kier molecular flexibility index (Phi) is 3.61. The summed E-state index contributed by atoms with van der Waals surface area (Å²) in [7, 11) is 0. The molecule has 0 saturated carbocycles. The standard InChI is InChI=1S/C11H14N2O.HNO3/c14-11-3-1-2-10-9-4-8(5-12-6-9)7-13(10)11;2-1(3)4/h1-3,8-9,12H,4-7H2;(H,2,3,4)/t8-,9+;/m0./s1. The van der Waals surface area contributed by atoms with Crippen molar-refractivity contribution in [3.63, 3.8) is 0 Å². The molecule has 0 radical (unpaired) electrons. The highest BCUT2D eigenvalue weighted by molar-refractivity contribution is 5.16. The van der Waals surface area contributed by atoms with Crippen molar-refractivity contribution in [3.8, 4) is 0 Å². The molecule has 2 atom stereocenters. The summed E-state index contributed by atoms with van der Waals surface area (Å²) in [5.41, 5.74) is 1.39. The summed E-state index contributed by atoms with van der Waals surface area (Å²) >= 11 is 0. The second-order valence-corrected chi connectivity index (χ2v) is 4.59. The van der Waals surface area contributed by atoms with Gasteiger partial charge in [-0.1, -0.05) is 6.07 Å². The lowest BCUT2D eigenvalue weighted by Crippen LogP contribution is -2.44. The van der Waals surface area contributed by atoms with Crippen LogP contribution < -0.4 is 10.9 Å². The number of pyridine rings is 1. The Morgan fingerprint density at radius 1 is 1.44 bits per heavy atom. The van der Waals surface area contributed by atoms with Crippen LogP contribution in [0.2, 0.25) is 0 Å². The zero-order valence-corrected chi connectivity index (χ0v) is 9.78. The minimum atomic E-state index is -1.50. The van der Waals surface area contributed by atoms with Gasteiger partial charge in [0.25, 0.3) is 10.6 Å². The van der Waals surface area contributed by atoms with Crippen molar-refractivity contribution in [2.45, 2.75) is 18.9 Å². The van der Waals surface area contributed by atoms with Gasteiger partial charge in [0.15, 0.2) is 0 Å². The van der Waals surface area contributed by atoms with Crippen LogP contribution in [0.25, 0.3) is 0 Å². The Balaban J connectivity index is 0.000000267. The fraction of sp³-hybridized carbons (Fsp3) is 0.545. The van der Waals surface area contributed by atoms with Gasteiger partial charge in [-0.15, -0.1) is 10.1 Å². The van der Waals surface area contributed by atoms with Gasteiger partial charge in [-0.2, -0.15) is 0 Å². The fourth-order valence-electron chi connectivity index (χ4n) is 2.74. The molecule has 18 heavy (non-hydrogen) atoms. The molecule has 1 fully saturated rings. The highest BCUT2D eigenvalue weighted by Crippen LogP contribution is 2.31. The van der Waals surface area contributed by atoms with Crippen LogP contribution in [-0.4, -0.2) is 28.0 Å². The van der Waals surface area contributed by atoms with Gasteiger partial charge in [0, 0.05) is 30.8 Å². The molecule has 7 nitrogen and oxygen atoms in total. The number of rotatable bonds is 0. The molecule has 2 aliphatic heterocycles. The van der Waals surface area contributed by atoms with Crippen molar-refractivity contribution in [1.82, 2.24) is 9.88 Å². The molecule has 1 aromatic rings. The van der Waals surface area contributed by atoms with E-state index in [9.17, 15) is 4.79 Å². The van der Waals surface area contributed by atoms with Gasteiger partial charge in [-0.3, -0.25) is 4.79 Å². The second kappa shape index (κ2) is 5.18. The van der Waals surface area contributed by atoms with Crippen LogP contribution in [0.1, 0.15) is 18.0 Å². The van der Waals surface area contributed by atoms with Crippen LogP contribution in [0, 0.1) is 16.0 Å². The molecule has 1 saturated heterocycles. The van der Waals surface area contributed by atoms with E-state index in [0.29, 0.717) is 11.8 Å². The highest BCUT2D eigenvalue weighted by atomic mass is 16.9. The van der Waals surface area contributed by atoms with E-state index in [1.165, 1.54) is 12.1 Å². The van der Waals surface area contributed by atoms with Crippen molar-refractivity contribution >= 4 is 0 Å². The SMILES string of the molecule is O=[N+]([O-])O.O=c1cccc2n1C[C@@H]1CNC[C@H]2C1. The normalized spacial score (nSPS) is 24.4. The minimum absolute atomic E-state index is 0.166. The largest absolute Gasteiger partial charge is 0.328 e. The van der Waals surface area contributed by atoms with Crippen molar-refractivity contribution in [1.29, 1.82) is 0 Å². The summed E-state index contributed by atoms with van der Waals surface area (Å²) in [6.45, 7) is 3.00. The molecule has 0 aromatic carbocycles. The van der Waals surface area contributed by atoms with Crippen molar-refractivity contribution in [3.05, 3.63) is 44.4 Å². The van der Waals surface area contributed by atoms with E-state index in [1.807, 2.05) is 10.6 Å². The van der Waals surface area contributed by atoms with Gasteiger partial charge in [0.2, 0.25) is 0 Å². The number of nitrogens with zero attached hydrogens (tertiary/aromatic N) is 2. The first-order valence-corrected chi connectivity index (χ1v) is 5.81. The molecule has 98 valence electrons. The minimum Gasteiger partial charge on any atom is -0.328 e. The van der Waals surface area contributed by atoms with Crippen LogP contribution in [0.15, 0.2) is 23.0 Å². The highest BCUT2D eigenvalue weighted by Gasteiger charge is 2.30. The average molecular weight is 253 g/mol. The van der Waals surface area contributed by atoms with E-state index in [2.05, 4.69) is 11.4 Å². The summed E-state index contributed by atoms with van der Waals surface area (Å²) in [5.74, 6) is 1.21. The Labute approximate surface area is 103 Å². The molecule has 1 aromatic heterocycles. The van der Waals surface area contributed by atoms with Crippen LogP contribution >= 0.6 is 0 Å². The monoisotopic (exact) mass is 253 g/mol. The van der Waals surface area contributed by atoms with Crippen LogP contribution in [0.4, 0.5) is 0 Å². The topological polar surface area (TPSA) is 97.4 Å². The molecule has 2 bridgehead atoms. The maximum atomic E-state index is 11.6. The van der Waals surface area contributed by atoms with Crippen LogP contribution in [0.3, 0.4) is 0 Å². The second-order valence-electron chi connectivity index (χ2n) is 4.59. The average Bonchev–Trinajstić information content (AvgIpc) is 2.30. The van der Waals surface area contributed by atoms with E-state index in [1.54, 1.807) is 6.07 Å². The third-order valence-corrected chi connectivity index (χ3v) is 3.38. The molecule has 2 aliphatic rings. The van der Waals surface area contributed by atoms with Crippen molar-refractivity contribution in [2.75, 3.05) is 13.1 Å². The van der Waals surface area contributed by atoms with Gasteiger partial charge in [0.1, 0.15) is 0 Å². The zero-order valence-electron chi connectivity index (χ0n) is 9.78. The molecule has 2 N–H and O–H groups in total. The van der Waals surface area contributed by atoms with E-state index in [0.717, 1.165) is 19.6 Å². The predicted octanol–water partition coefficient (Wildman–Crippen LogP) is 0.207. The lowest BCUT2D eigenvalue weighted by atomic mass is 9.84. The fourth-order valence-corrected chi connectivity index (χ4v) is 2.74. The molecule has 0 unspecified atom stereocenters. The van der Waals surface area contributed by atoms with Gasteiger partial charge >= 0.3 is 0 Å². The summed E-state index contributed by atoms with van der Waals surface area (Å²) in [5, 5.41) is 17.1. The first-order valence-electron chi connectivity index (χ1n) is 5.81. The van der Waals surface area contributed by atoms with Gasteiger partial charge < -0.3 is 15.1 Å². The molecular weight excluding hydrogens is 238 g/mol. The molecule has 0 spiro atoms. The maximum Gasteiger partial charge on any atom is 0.291 e. The molecular formula is C11H15N3O4. The third-order valence-electron chi connectivity index (χ3n) is 3.38. The summed E-state index contributed by atoms with van der Waals surface area (Å²) in [6, 6.07) is 5.64. The number of fused-ring (bicyclic) bond motifs is 4. The molecule has 3 rings (SSSR count). The smallest absolute Gasteiger partial charge is 0.291 e. The van der Waals surface area contributed by atoms with Gasteiger partial charge in [0.05, 0.1) is 0 Å². The Hall–Kier alpha value is -1.89. The Morgan fingerprint density at radius 3 is 2.89 bits per heavy atom.